The van der Waals surface area contributed by atoms with E-state index < -0.39 is 11.7 Å². The number of pyridine rings is 1. The molecular formula is C16H21F3N6O. The molecule has 0 unspecified atom stereocenters. The largest absolute Gasteiger partial charge is 0.417 e. The molecule has 1 aromatic rings. The van der Waals surface area contributed by atoms with Crippen LogP contribution in [0.5, 0.6) is 0 Å². The number of aromatic nitrogens is 1. The average molecular weight is 370 g/mol. The van der Waals surface area contributed by atoms with Crippen molar-refractivity contribution in [1.29, 1.82) is 10.8 Å². The van der Waals surface area contributed by atoms with E-state index in [1.807, 2.05) is 0 Å². The first-order chi connectivity index (χ1) is 12.2. The Kier molecular flexibility index (Phi) is 6.30. The van der Waals surface area contributed by atoms with Gasteiger partial charge in [-0.1, -0.05) is 0 Å². The highest BCUT2D eigenvalue weighted by molar-refractivity contribution is 6.10. The van der Waals surface area contributed by atoms with Gasteiger partial charge in [0, 0.05) is 51.1 Å². The Morgan fingerprint density at radius 2 is 2.00 bits per heavy atom. The van der Waals surface area contributed by atoms with Gasteiger partial charge in [-0.25, -0.2) is 9.98 Å². The van der Waals surface area contributed by atoms with E-state index in [4.69, 9.17) is 15.6 Å². The molecule has 1 aromatic heterocycles. The number of nitrogens with one attached hydrogen (secondary N) is 2. The van der Waals surface area contributed by atoms with Gasteiger partial charge in [-0.3, -0.25) is 5.41 Å². The number of nitrogens with zero attached hydrogens (tertiary/aromatic N) is 4. The first kappa shape index (κ1) is 19.8. The molecule has 0 aromatic carbocycles. The zero-order chi connectivity index (χ0) is 19.3. The summed E-state index contributed by atoms with van der Waals surface area (Å²) in [4.78, 5) is 11.0. The van der Waals surface area contributed by atoms with Crippen LogP contribution in [0.3, 0.4) is 0 Å². The van der Waals surface area contributed by atoms with Gasteiger partial charge in [-0.2, -0.15) is 13.2 Å². The molecule has 2 heterocycles. The smallest absolute Gasteiger partial charge is 0.378 e. The lowest BCUT2D eigenvalue weighted by Crippen LogP contribution is -2.41. The van der Waals surface area contributed by atoms with E-state index in [1.165, 1.54) is 6.34 Å². The molecule has 1 fully saturated rings. The van der Waals surface area contributed by atoms with Gasteiger partial charge in [0.1, 0.15) is 5.84 Å². The summed E-state index contributed by atoms with van der Waals surface area (Å²) in [7, 11) is 3.38. The Labute approximate surface area is 149 Å². The normalized spacial score (nSPS) is 15.3. The van der Waals surface area contributed by atoms with Crippen molar-refractivity contribution in [1.82, 2.24) is 14.8 Å². The van der Waals surface area contributed by atoms with Crippen LogP contribution in [0.1, 0.15) is 17.5 Å². The third-order valence-electron chi connectivity index (χ3n) is 3.68. The van der Waals surface area contributed by atoms with Crippen LogP contribution in [0.4, 0.5) is 19.0 Å². The Hall–Kier alpha value is -2.49. The summed E-state index contributed by atoms with van der Waals surface area (Å²) in [5, 5.41) is 16.1. The number of ether oxygens (including phenoxy) is 1. The summed E-state index contributed by atoms with van der Waals surface area (Å²) in [6, 6.07) is 0.822. The van der Waals surface area contributed by atoms with Crippen molar-refractivity contribution in [2.45, 2.75) is 12.6 Å². The van der Waals surface area contributed by atoms with E-state index in [0.29, 0.717) is 26.3 Å². The molecule has 10 heteroatoms. The maximum Gasteiger partial charge on any atom is 0.417 e. The van der Waals surface area contributed by atoms with Gasteiger partial charge in [-0.05, 0) is 6.07 Å². The van der Waals surface area contributed by atoms with Gasteiger partial charge >= 0.3 is 6.18 Å². The van der Waals surface area contributed by atoms with Crippen LogP contribution in [-0.4, -0.2) is 73.1 Å². The highest BCUT2D eigenvalue weighted by Crippen LogP contribution is 2.34. The van der Waals surface area contributed by atoms with Gasteiger partial charge in [0.2, 0.25) is 0 Å². The highest BCUT2D eigenvalue weighted by atomic mass is 19.4. The van der Waals surface area contributed by atoms with Gasteiger partial charge < -0.3 is 19.9 Å². The van der Waals surface area contributed by atoms with Crippen molar-refractivity contribution in [2.24, 2.45) is 4.99 Å². The Morgan fingerprint density at radius 1 is 1.35 bits per heavy atom. The number of morpholine rings is 1. The Balaban J connectivity index is 2.23. The molecule has 1 aliphatic heterocycles. The SMILES string of the molecule is CN(C)C=Nc1cc(C(F)(F)F)c(C(=N)CC(=N)N2CCOCC2)cn1. The molecule has 0 spiro atoms. The number of rotatable bonds is 5. The summed E-state index contributed by atoms with van der Waals surface area (Å²) in [6.45, 7) is 1.91. The predicted octanol–water partition coefficient (Wildman–Crippen LogP) is 2.39. The zero-order valence-corrected chi connectivity index (χ0v) is 14.6. The first-order valence-electron chi connectivity index (χ1n) is 7.94. The van der Waals surface area contributed by atoms with Crippen molar-refractivity contribution < 1.29 is 17.9 Å². The summed E-state index contributed by atoms with van der Waals surface area (Å²) < 4.78 is 45.4. The quantitative estimate of drug-likeness (QED) is 0.615. The third kappa shape index (κ3) is 5.25. The molecule has 1 saturated heterocycles. The third-order valence-corrected chi connectivity index (χ3v) is 3.68. The van der Waals surface area contributed by atoms with Crippen LogP contribution in [0, 0.1) is 10.8 Å². The second-order valence-corrected chi connectivity index (χ2v) is 6.00. The van der Waals surface area contributed by atoms with Crippen LogP contribution in [0.15, 0.2) is 17.3 Å². The molecule has 142 valence electrons. The lowest BCUT2D eigenvalue weighted by Gasteiger charge is -2.29. The minimum absolute atomic E-state index is 0.0918. The molecule has 0 saturated carbocycles. The second-order valence-electron chi connectivity index (χ2n) is 6.00. The second kappa shape index (κ2) is 8.26. The van der Waals surface area contributed by atoms with E-state index in [9.17, 15) is 13.2 Å². The van der Waals surface area contributed by atoms with Crippen molar-refractivity contribution in [3.63, 3.8) is 0 Å². The molecule has 0 radical (unpaired) electrons. The number of alkyl halides is 3. The van der Waals surface area contributed by atoms with Gasteiger partial charge in [0.05, 0.1) is 25.1 Å². The topological polar surface area (TPSA) is 88.7 Å². The molecule has 0 aliphatic carbocycles. The summed E-state index contributed by atoms with van der Waals surface area (Å²) in [6.07, 6.45) is -2.50. The lowest BCUT2D eigenvalue weighted by molar-refractivity contribution is -0.137. The fourth-order valence-corrected chi connectivity index (χ4v) is 2.37. The number of hydrogen-bond acceptors (Lipinski definition) is 5. The standard InChI is InChI=1S/C16H21F3N6O/c1-24(2)10-23-15-7-12(16(17,18)19)11(9-22-15)13(20)8-14(21)25-3-5-26-6-4-25/h7,9-10,20-21H,3-6,8H2,1-2H3. The minimum Gasteiger partial charge on any atom is -0.378 e. The molecule has 0 atom stereocenters. The number of halogens is 3. The molecule has 26 heavy (non-hydrogen) atoms. The summed E-state index contributed by atoms with van der Waals surface area (Å²) in [5.74, 6) is 0.00644. The Morgan fingerprint density at radius 3 is 2.58 bits per heavy atom. The number of aliphatic imine (C=N–C) groups is 1. The summed E-state index contributed by atoms with van der Waals surface area (Å²) in [5.41, 5.74) is -1.61. The fraction of sp³-hybridized carbons (Fsp3) is 0.500. The van der Waals surface area contributed by atoms with Gasteiger partial charge in [0.15, 0.2) is 5.82 Å². The molecule has 0 bridgehead atoms. The highest BCUT2D eigenvalue weighted by Gasteiger charge is 2.35. The molecule has 2 rings (SSSR count). The monoisotopic (exact) mass is 370 g/mol. The van der Waals surface area contributed by atoms with Crippen molar-refractivity contribution in [3.8, 4) is 0 Å². The number of amidine groups is 1. The van der Waals surface area contributed by atoms with Crippen LogP contribution in [0.2, 0.25) is 0 Å². The van der Waals surface area contributed by atoms with Gasteiger partial charge in [0.25, 0.3) is 0 Å². The zero-order valence-electron chi connectivity index (χ0n) is 14.6. The van der Waals surface area contributed by atoms with Crippen LogP contribution in [0.25, 0.3) is 0 Å². The van der Waals surface area contributed by atoms with Crippen molar-refractivity contribution in [2.75, 3.05) is 40.4 Å². The fourth-order valence-electron chi connectivity index (χ4n) is 2.37. The number of hydrogen-bond donors (Lipinski definition) is 2. The van der Waals surface area contributed by atoms with Crippen LogP contribution >= 0.6 is 0 Å². The average Bonchev–Trinajstić information content (AvgIpc) is 2.59. The molecule has 0 amide bonds. The predicted molar refractivity (Wildman–Crippen MR) is 92.6 cm³/mol. The van der Waals surface area contributed by atoms with Crippen molar-refractivity contribution >= 4 is 23.7 Å². The minimum atomic E-state index is -4.64. The maximum atomic E-state index is 13.4. The maximum absolute atomic E-state index is 13.4. The van der Waals surface area contributed by atoms with Crippen molar-refractivity contribution in [3.05, 3.63) is 23.4 Å². The molecule has 7 nitrogen and oxygen atoms in total. The van der Waals surface area contributed by atoms with Crippen LogP contribution in [-0.2, 0) is 10.9 Å². The first-order valence-corrected chi connectivity index (χ1v) is 7.94. The van der Waals surface area contributed by atoms with E-state index >= 15 is 0 Å². The van der Waals surface area contributed by atoms with Crippen LogP contribution < -0.4 is 0 Å². The Bertz CT molecular complexity index is 696. The van der Waals surface area contributed by atoms with E-state index in [2.05, 4.69) is 9.98 Å². The van der Waals surface area contributed by atoms with E-state index in [-0.39, 0.29) is 29.3 Å². The van der Waals surface area contributed by atoms with Gasteiger partial charge in [-0.15, -0.1) is 0 Å². The molecule has 2 N–H and O–H groups in total. The van der Waals surface area contributed by atoms with E-state index in [1.54, 1.807) is 23.9 Å². The molecule has 1 aliphatic rings. The molecular weight excluding hydrogens is 349 g/mol. The summed E-state index contributed by atoms with van der Waals surface area (Å²) >= 11 is 0. The van der Waals surface area contributed by atoms with E-state index in [0.717, 1.165) is 12.3 Å². The lowest BCUT2D eigenvalue weighted by atomic mass is 10.0.